The molecule has 2 N–H and O–H groups in total. The molecular weight excluding hydrogens is 564 g/mol. The van der Waals surface area contributed by atoms with Crippen molar-refractivity contribution in [3.05, 3.63) is 125 Å². The fraction of sp³-hybridized carbons (Fsp3) is 0.216. The van der Waals surface area contributed by atoms with Gasteiger partial charge in [-0.05, 0) is 90.6 Å². The van der Waals surface area contributed by atoms with E-state index in [-0.39, 0.29) is 11.8 Å². The number of aromatic nitrogens is 1. The van der Waals surface area contributed by atoms with Gasteiger partial charge in [0.15, 0.2) is 11.5 Å². The number of hydrogen-bond donors (Lipinski definition) is 2. The van der Waals surface area contributed by atoms with E-state index in [1.165, 1.54) is 16.7 Å². The number of nitrogens with one attached hydrogen (secondary N) is 2. The first-order valence-electron chi connectivity index (χ1n) is 15.0. The van der Waals surface area contributed by atoms with Crippen molar-refractivity contribution in [2.75, 3.05) is 37.9 Å². The lowest BCUT2D eigenvalue weighted by molar-refractivity contribution is 0.102. The summed E-state index contributed by atoms with van der Waals surface area (Å²) in [7, 11) is 3.33. The molecule has 0 spiro atoms. The van der Waals surface area contributed by atoms with Crippen molar-refractivity contribution in [3.8, 4) is 11.5 Å². The van der Waals surface area contributed by atoms with Gasteiger partial charge in [0.25, 0.3) is 11.8 Å². The number of pyridine rings is 1. The number of fused-ring (bicyclic) bond motifs is 2. The predicted molar refractivity (Wildman–Crippen MR) is 178 cm³/mol. The number of hydrogen-bond acceptors (Lipinski definition) is 6. The van der Waals surface area contributed by atoms with E-state index in [1.54, 1.807) is 38.6 Å². The molecule has 1 aliphatic heterocycles. The number of aryl methyl sites for hydroxylation is 1. The molecule has 2 amide bonds. The van der Waals surface area contributed by atoms with E-state index in [9.17, 15) is 9.59 Å². The Morgan fingerprint density at radius 3 is 2.38 bits per heavy atom. The van der Waals surface area contributed by atoms with Gasteiger partial charge in [-0.2, -0.15) is 0 Å². The van der Waals surface area contributed by atoms with Crippen molar-refractivity contribution in [2.45, 2.75) is 26.3 Å². The second-order valence-electron chi connectivity index (χ2n) is 11.3. The first-order valence-corrected chi connectivity index (χ1v) is 15.0. The van der Waals surface area contributed by atoms with E-state index >= 15 is 0 Å². The van der Waals surface area contributed by atoms with E-state index in [4.69, 9.17) is 9.47 Å². The number of ether oxygens (including phenoxy) is 2. The van der Waals surface area contributed by atoms with Crippen LogP contribution in [0, 0.1) is 6.92 Å². The molecule has 2 heterocycles. The van der Waals surface area contributed by atoms with Crippen LogP contribution in [0.3, 0.4) is 0 Å². The summed E-state index contributed by atoms with van der Waals surface area (Å²) in [5.41, 5.74) is 7.46. The van der Waals surface area contributed by atoms with Crippen LogP contribution >= 0.6 is 0 Å². The van der Waals surface area contributed by atoms with Gasteiger partial charge in [-0.1, -0.05) is 36.4 Å². The Kier molecular flexibility index (Phi) is 8.75. The molecule has 0 fully saturated rings. The Bertz CT molecular complexity index is 1870. The molecule has 0 unspecified atom stereocenters. The number of amides is 2. The minimum absolute atomic E-state index is 0.297. The van der Waals surface area contributed by atoms with E-state index < -0.39 is 0 Å². The van der Waals surface area contributed by atoms with Crippen molar-refractivity contribution in [3.63, 3.8) is 0 Å². The number of carbonyl (C=O) groups excluding carboxylic acids is 2. The maximum absolute atomic E-state index is 13.3. The molecule has 45 heavy (non-hydrogen) atoms. The van der Waals surface area contributed by atoms with Gasteiger partial charge in [-0.25, -0.2) is 0 Å². The molecule has 228 valence electrons. The highest BCUT2D eigenvalue weighted by Crippen LogP contribution is 2.33. The van der Waals surface area contributed by atoms with Gasteiger partial charge in [0.1, 0.15) is 0 Å². The van der Waals surface area contributed by atoms with Gasteiger partial charge in [0, 0.05) is 36.9 Å². The molecule has 0 radical (unpaired) electrons. The van der Waals surface area contributed by atoms with Gasteiger partial charge >= 0.3 is 0 Å². The summed E-state index contributed by atoms with van der Waals surface area (Å²) in [6.45, 7) is 4.71. The normalized spacial score (nSPS) is 12.8. The molecule has 0 aliphatic carbocycles. The summed E-state index contributed by atoms with van der Waals surface area (Å²) in [6.07, 6.45) is 3.42. The van der Waals surface area contributed by atoms with Crippen molar-refractivity contribution in [2.24, 2.45) is 0 Å². The summed E-state index contributed by atoms with van der Waals surface area (Å²) in [6, 6.07) is 26.9. The number of rotatable bonds is 9. The average molecular weight is 601 g/mol. The molecule has 4 aromatic carbocycles. The molecule has 0 bridgehead atoms. The molecule has 1 aliphatic rings. The minimum atomic E-state index is -0.326. The molecule has 0 saturated carbocycles. The van der Waals surface area contributed by atoms with Crippen LogP contribution in [0.5, 0.6) is 11.5 Å². The number of benzene rings is 4. The lowest BCUT2D eigenvalue weighted by Gasteiger charge is -2.29. The lowest BCUT2D eigenvalue weighted by Crippen LogP contribution is -2.32. The van der Waals surface area contributed by atoms with E-state index in [2.05, 4.69) is 32.7 Å². The molecular formula is C37H36N4O4. The SMILES string of the molecule is COc1cc2c(cc1OC)CN(CCc1ccc(NC(=O)c3ccc(C)cc3NC(=O)c3cnc4ccccc4c3)cc1)CC2. The average Bonchev–Trinajstić information content (AvgIpc) is 3.07. The number of nitrogens with zero attached hydrogens (tertiary/aromatic N) is 2. The summed E-state index contributed by atoms with van der Waals surface area (Å²) in [4.78, 5) is 33.3. The van der Waals surface area contributed by atoms with Crippen LogP contribution in [-0.4, -0.2) is 49.0 Å². The Morgan fingerprint density at radius 2 is 1.60 bits per heavy atom. The van der Waals surface area contributed by atoms with Crippen LogP contribution in [0.15, 0.2) is 91.1 Å². The highest BCUT2D eigenvalue weighted by Gasteiger charge is 2.20. The first-order chi connectivity index (χ1) is 21.9. The van der Waals surface area contributed by atoms with Gasteiger partial charge in [0.2, 0.25) is 0 Å². The zero-order valence-corrected chi connectivity index (χ0v) is 25.7. The van der Waals surface area contributed by atoms with Gasteiger partial charge < -0.3 is 20.1 Å². The number of methoxy groups -OCH3 is 2. The summed E-state index contributed by atoms with van der Waals surface area (Å²) >= 11 is 0. The second kappa shape index (κ2) is 13.2. The van der Waals surface area contributed by atoms with Crippen molar-refractivity contribution in [1.82, 2.24) is 9.88 Å². The van der Waals surface area contributed by atoms with Gasteiger partial charge in [0.05, 0.1) is 36.6 Å². The topological polar surface area (TPSA) is 92.8 Å². The predicted octanol–water partition coefficient (Wildman–Crippen LogP) is 6.67. The van der Waals surface area contributed by atoms with Crippen LogP contribution in [-0.2, 0) is 19.4 Å². The number of para-hydroxylation sites is 1. The fourth-order valence-electron chi connectivity index (χ4n) is 5.72. The highest BCUT2D eigenvalue weighted by molar-refractivity contribution is 6.13. The Labute approximate surface area is 263 Å². The van der Waals surface area contributed by atoms with Crippen LogP contribution in [0.4, 0.5) is 11.4 Å². The minimum Gasteiger partial charge on any atom is -0.493 e. The second-order valence-corrected chi connectivity index (χ2v) is 11.3. The van der Waals surface area contributed by atoms with Crippen LogP contribution in [0.2, 0.25) is 0 Å². The van der Waals surface area contributed by atoms with Crippen molar-refractivity contribution in [1.29, 1.82) is 0 Å². The number of carbonyl (C=O) groups is 2. The maximum atomic E-state index is 13.3. The maximum Gasteiger partial charge on any atom is 0.257 e. The molecule has 6 rings (SSSR count). The third-order valence-electron chi connectivity index (χ3n) is 8.25. The molecule has 0 saturated heterocycles. The Morgan fingerprint density at radius 1 is 0.844 bits per heavy atom. The molecule has 8 heteroatoms. The van der Waals surface area contributed by atoms with Gasteiger partial charge in [-0.15, -0.1) is 0 Å². The molecule has 1 aromatic heterocycles. The quantitative estimate of drug-likeness (QED) is 0.196. The molecule has 0 atom stereocenters. The molecule has 8 nitrogen and oxygen atoms in total. The van der Waals surface area contributed by atoms with Crippen molar-refractivity contribution < 1.29 is 19.1 Å². The number of anilines is 2. The van der Waals surface area contributed by atoms with Crippen LogP contribution < -0.4 is 20.1 Å². The van der Waals surface area contributed by atoms with Crippen LogP contribution in [0.1, 0.15) is 43.0 Å². The molecule has 5 aromatic rings. The Balaban J connectivity index is 1.07. The van der Waals surface area contributed by atoms with Crippen molar-refractivity contribution >= 4 is 34.1 Å². The third-order valence-corrected chi connectivity index (χ3v) is 8.25. The van der Waals surface area contributed by atoms with E-state index in [1.807, 2.05) is 61.5 Å². The van der Waals surface area contributed by atoms with E-state index in [0.717, 1.165) is 60.4 Å². The first kappa shape index (κ1) is 29.8. The zero-order valence-electron chi connectivity index (χ0n) is 25.7. The highest BCUT2D eigenvalue weighted by atomic mass is 16.5. The zero-order chi connectivity index (χ0) is 31.3. The lowest BCUT2D eigenvalue weighted by atomic mass is 9.98. The third kappa shape index (κ3) is 6.81. The summed E-state index contributed by atoms with van der Waals surface area (Å²) in [5.74, 6) is 0.916. The smallest absolute Gasteiger partial charge is 0.257 e. The monoisotopic (exact) mass is 600 g/mol. The summed E-state index contributed by atoms with van der Waals surface area (Å²) < 4.78 is 11.0. The van der Waals surface area contributed by atoms with Crippen LogP contribution in [0.25, 0.3) is 10.9 Å². The Hall–Kier alpha value is -5.21. The largest absolute Gasteiger partial charge is 0.493 e. The fourth-order valence-corrected chi connectivity index (χ4v) is 5.72. The standard InChI is InChI=1S/C37H36N4O4/c1-24-8-13-31(33(18-24)40-36(42)28-19-27-6-4-5-7-32(27)38-22-28)37(43)39-30-11-9-25(10-12-30)14-16-41-17-15-26-20-34(44-2)35(45-3)21-29(26)23-41/h4-13,18-22H,14-17,23H2,1-3H3,(H,39,43)(H,40,42). The van der Waals surface area contributed by atoms with Gasteiger partial charge in [-0.3, -0.25) is 19.5 Å². The summed E-state index contributed by atoms with van der Waals surface area (Å²) in [5, 5.41) is 6.77. The van der Waals surface area contributed by atoms with E-state index in [0.29, 0.717) is 22.5 Å².